The van der Waals surface area contributed by atoms with Gasteiger partial charge < -0.3 is 14.7 Å². The number of nitrogens with one attached hydrogen (secondary N) is 1. The van der Waals surface area contributed by atoms with Crippen LogP contribution < -0.4 is 4.74 Å². The standard InChI is InChI=1S/C19H18FN3O3/c1-23(11-13-5-4-6-15(24)9-13)19(25)17-10-14(21-22-17)12-26-18-8-3-2-7-16(18)20/h2-10,24H,11-12H2,1H3,(H,21,22). The van der Waals surface area contributed by atoms with Crippen molar-refractivity contribution in [3.63, 3.8) is 0 Å². The Balaban J connectivity index is 1.61. The summed E-state index contributed by atoms with van der Waals surface area (Å²) >= 11 is 0. The zero-order chi connectivity index (χ0) is 18.5. The Labute approximate surface area is 149 Å². The second kappa shape index (κ2) is 7.69. The summed E-state index contributed by atoms with van der Waals surface area (Å²) in [5.74, 6) is -0.442. The molecule has 1 amide bonds. The van der Waals surface area contributed by atoms with Crippen molar-refractivity contribution < 1.29 is 19.0 Å². The Morgan fingerprint density at radius 2 is 2.04 bits per heavy atom. The van der Waals surface area contributed by atoms with E-state index >= 15 is 0 Å². The number of ether oxygens (including phenoxy) is 1. The summed E-state index contributed by atoms with van der Waals surface area (Å²) in [6.45, 7) is 0.401. The molecule has 1 heterocycles. The molecule has 0 aliphatic heterocycles. The predicted molar refractivity (Wildman–Crippen MR) is 93.2 cm³/mol. The minimum absolute atomic E-state index is 0.0669. The molecule has 0 fully saturated rings. The van der Waals surface area contributed by atoms with E-state index in [1.165, 1.54) is 17.0 Å². The number of hydrogen-bond donors (Lipinski definition) is 2. The molecule has 26 heavy (non-hydrogen) atoms. The Hall–Kier alpha value is -3.35. The molecule has 0 bridgehead atoms. The van der Waals surface area contributed by atoms with Gasteiger partial charge in [-0.05, 0) is 35.9 Å². The number of aromatic hydroxyl groups is 1. The molecule has 0 saturated heterocycles. The van der Waals surface area contributed by atoms with Gasteiger partial charge >= 0.3 is 0 Å². The van der Waals surface area contributed by atoms with Crippen molar-refractivity contribution in [1.29, 1.82) is 0 Å². The lowest BCUT2D eigenvalue weighted by Gasteiger charge is -2.15. The summed E-state index contributed by atoms with van der Waals surface area (Å²) < 4.78 is 18.9. The molecule has 1 aromatic heterocycles. The largest absolute Gasteiger partial charge is 0.508 e. The molecule has 134 valence electrons. The van der Waals surface area contributed by atoms with Crippen LogP contribution in [0, 0.1) is 5.82 Å². The number of amides is 1. The number of nitrogens with zero attached hydrogens (tertiary/aromatic N) is 2. The first-order valence-electron chi connectivity index (χ1n) is 7.98. The van der Waals surface area contributed by atoms with Crippen molar-refractivity contribution in [2.75, 3.05) is 7.05 Å². The number of benzene rings is 2. The molecule has 2 aromatic carbocycles. The quantitative estimate of drug-likeness (QED) is 0.712. The number of carbonyl (C=O) groups is 1. The van der Waals surface area contributed by atoms with Crippen molar-refractivity contribution in [2.24, 2.45) is 0 Å². The zero-order valence-corrected chi connectivity index (χ0v) is 14.1. The number of phenols is 1. The van der Waals surface area contributed by atoms with Gasteiger partial charge in [-0.1, -0.05) is 24.3 Å². The lowest BCUT2D eigenvalue weighted by Crippen LogP contribution is -2.26. The molecule has 0 atom stereocenters. The fourth-order valence-electron chi connectivity index (χ4n) is 2.46. The van der Waals surface area contributed by atoms with E-state index in [0.717, 1.165) is 5.56 Å². The van der Waals surface area contributed by atoms with Gasteiger partial charge in [-0.15, -0.1) is 0 Å². The van der Waals surface area contributed by atoms with Gasteiger partial charge in [-0.3, -0.25) is 9.89 Å². The Kier molecular flexibility index (Phi) is 5.17. The number of phenolic OH excluding ortho intramolecular Hbond substituents is 1. The number of aromatic amines is 1. The van der Waals surface area contributed by atoms with Crippen LogP contribution in [-0.4, -0.2) is 33.2 Å². The first kappa shape index (κ1) is 17.5. The fraction of sp³-hybridized carbons (Fsp3) is 0.158. The third-order valence-electron chi connectivity index (χ3n) is 3.75. The summed E-state index contributed by atoms with van der Waals surface area (Å²) in [6.07, 6.45) is 0. The van der Waals surface area contributed by atoms with Crippen molar-refractivity contribution in [1.82, 2.24) is 15.1 Å². The molecule has 7 heteroatoms. The molecule has 6 nitrogen and oxygen atoms in total. The molecule has 0 unspecified atom stereocenters. The lowest BCUT2D eigenvalue weighted by atomic mass is 10.2. The van der Waals surface area contributed by atoms with Gasteiger partial charge in [0.2, 0.25) is 0 Å². The second-order valence-electron chi connectivity index (χ2n) is 5.83. The number of halogens is 1. The molecule has 0 radical (unpaired) electrons. The first-order chi connectivity index (χ1) is 12.5. The highest BCUT2D eigenvalue weighted by Crippen LogP contribution is 2.17. The van der Waals surface area contributed by atoms with Crippen LogP contribution >= 0.6 is 0 Å². The number of aromatic nitrogens is 2. The topological polar surface area (TPSA) is 78.5 Å². The molecule has 0 spiro atoms. The van der Waals surface area contributed by atoms with E-state index in [9.17, 15) is 14.3 Å². The fourth-order valence-corrected chi connectivity index (χ4v) is 2.46. The maximum Gasteiger partial charge on any atom is 0.274 e. The highest BCUT2D eigenvalue weighted by molar-refractivity contribution is 5.92. The minimum atomic E-state index is -0.450. The number of H-pyrrole nitrogens is 1. The average molecular weight is 355 g/mol. The molecule has 3 rings (SSSR count). The smallest absolute Gasteiger partial charge is 0.274 e. The van der Waals surface area contributed by atoms with E-state index in [2.05, 4.69) is 10.2 Å². The summed E-state index contributed by atoms with van der Waals surface area (Å²) in [5.41, 5.74) is 1.60. The van der Waals surface area contributed by atoms with E-state index in [0.29, 0.717) is 12.2 Å². The van der Waals surface area contributed by atoms with Crippen LogP contribution in [-0.2, 0) is 13.2 Å². The van der Waals surface area contributed by atoms with Gasteiger partial charge in [0.25, 0.3) is 5.91 Å². The van der Waals surface area contributed by atoms with Gasteiger partial charge in [0.1, 0.15) is 12.4 Å². The van der Waals surface area contributed by atoms with Crippen LogP contribution in [0.25, 0.3) is 0 Å². The number of carbonyl (C=O) groups excluding carboxylic acids is 1. The van der Waals surface area contributed by atoms with Crippen molar-refractivity contribution in [3.05, 3.63) is 77.4 Å². The third-order valence-corrected chi connectivity index (χ3v) is 3.75. The predicted octanol–water partition coefficient (Wildman–Crippen LogP) is 3.11. The van der Waals surface area contributed by atoms with Crippen LogP contribution in [0.2, 0.25) is 0 Å². The van der Waals surface area contributed by atoms with Crippen LogP contribution in [0.5, 0.6) is 11.5 Å². The normalized spacial score (nSPS) is 10.5. The average Bonchev–Trinajstić information content (AvgIpc) is 3.09. The van der Waals surface area contributed by atoms with Gasteiger partial charge in [0, 0.05) is 13.6 Å². The summed E-state index contributed by atoms with van der Waals surface area (Å²) in [7, 11) is 1.65. The summed E-state index contributed by atoms with van der Waals surface area (Å²) in [4.78, 5) is 13.9. The molecule has 3 aromatic rings. The molecule has 0 aliphatic carbocycles. The maximum absolute atomic E-state index is 13.5. The van der Waals surface area contributed by atoms with Crippen LogP contribution in [0.1, 0.15) is 21.7 Å². The summed E-state index contributed by atoms with van der Waals surface area (Å²) in [6, 6.07) is 14.4. The number of rotatable bonds is 6. The maximum atomic E-state index is 13.5. The molecule has 0 saturated carbocycles. The van der Waals surface area contributed by atoms with Gasteiger partial charge in [-0.25, -0.2) is 4.39 Å². The molecule has 0 aliphatic rings. The van der Waals surface area contributed by atoms with Crippen molar-refractivity contribution in [2.45, 2.75) is 13.2 Å². The summed E-state index contributed by atoms with van der Waals surface area (Å²) in [5, 5.41) is 16.2. The Morgan fingerprint density at radius 3 is 2.81 bits per heavy atom. The van der Waals surface area contributed by atoms with Crippen LogP contribution in [0.4, 0.5) is 4.39 Å². The van der Waals surface area contributed by atoms with E-state index in [1.807, 2.05) is 6.07 Å². The Morgan fingerprint density at radius 1 is 1.23 bits per heavy atom. The van der Waals surface area contributed by atoms with E-state index < -0.39 is 5.82 Å². The Bertz CT molecular complexity index is 910. The third kappa shape index (κ3) is 4.18. The van der Waals surface area contributed by atoms with Crippen molar-refractivity contribution >= 4 is 5.91 Å². The number of hydrogen-bond acceptors (Lipinski definition) is 4. The SMILES string of the molecule is CN(Cc1cccc(O)c1)C(=O)c1cc(COc2ccccc2F)[nH]n1. The highest BCUT2D eigenvalue weighted by Gasteiger charge is 2.16. The lowest BCUT2D eigenvalue weighted by molar-refractivity contribution is 0.0779. The number of para-hydroxylation sites is 1. The van der Waals surface area contributed by atoms with E-state index in [4.69, 9.17) is 4.74 Å². The molecular weight excluding hydrogens is 337 g/mol. The van der Waals surface area contributed by atoms with Gasteiger partial charge in [0.05, 0.1) is 5.69 Å². The first-order valence-corrected chi connectivity index (χ1v) is 7.98. The van der Waals surface area contributed by atoms with Gasteiger partial charge in [0.15, 0.2) is 17.3 Å². The van der Waals surface area contributed by atoms with E-state index in [1.54, 1.807) is 43.4 Å². The van der Waals surface area contributed by atoms with Crippen LogP contribution in [0.15, 0.2) is 54.6 Å². The minimum Gasteiger partial charge on any atom is -0.508 e. The highest BCUT2D eigenvalue weighted by atomic mass is 19.1. The van der Waals surface area contributed by atoms with Crippen molar-refractivity contribution in [3.8, 4) is 11.5 Å². The zero-order valence-electron chi connectivity index (χ0n) is 14.1. The monoisotopic (exact) mass is 355 g/mol. The van der Waals surface area contributed by atoms with Gasteiger partial charge in [-0.2, -0.15) is 5.10 Å². The van der Waals surface area contributed by atoms with E-state index in [-0.39, 0.29) is 29.7 Å². The molecule has 2 N–H and O–H groups in total. The molecular formula is C19H18FN3O3. The van der Waals surface area contributed by atoms with Crippen LogP contribution in [0.3, 0.4) is 0 Å². The second-order valence-corrected chi connectivity index (χ2v) is 5.83.